The van der Waals surface area contributed by atoms with E-state index in [1.807, 2.05) is 48.5 Å². The number of thiophene rings is 1. The average Bonchev–Trinajstić information content (AvgIpc) is 2.95. The molecule has 0 aliphatic carbocycles. The van der Waals surface area contributed by atoms with Crippen LogP contribution >= 0.6 is 11.3 Å². The highest BCUT2D eigenvalue weighted by Crippen LogP contribution is 2.39. The Morgan fingerprint density at radius 3 is 2.64 bits per heavy atom. The summed E-state index contributed by atoms with van der Waals surface area (Å²) < 4.78 is 13.1. The summed E-state index contributed by atoms with van der Waals surface area (Å²) in [6, 6.07) is 17.0. The molecule has 0 aliphatic heterocycles. The largest absolute Gasteiger partial charge is 0.496 e. The van der Waals surface area contributed by atoms with Crippen molar-refractivity contribution in [2.75, 3.05) is 7.11 Å². The Morgan fingerprint density at radius 1 is 1.05 bits per heavy atom. The molecule has 2 aromatic carbocycles. The molecule has 0 radical (unpaired) electrons. The minimum absolute atomic E-state index is 0.0247. The molecule has 0 bridgehead atoms. The molecule has 2 aromatic heterocycles. The lowest BCUT2D eigenvalue weighted by Gasteiger charge is -2.03. The van der Waals surface area contributed by atoms with Gasteiger partial charge in [-0.25, -0.2) is 0 Å². The van der Waals surface area contributed by atoms with E-state index in [0.717, 1.165) is 21.4 Å². The van der Waals surface area contributed by atoms with Gasteiger partial charge in [-0.1, -0.05) is 36.4 Å². The average molecular weight is 308 g/mol. The maximum absolute atomic E-state index is 12.5. The maximum atomic E-state index is 12.5. The van der Waals surface area contributed by atoms with Gasteiger partial charge in [0.1, 0.15) is 16.2 Å². The van der Waals surface area contributed by atoms with Crippen molar-refractivity contribution in [3.05, 3.63) is 64.8 Å². The molecule has 0 N–H and O–H groups in total. The van der Waals surface area contributed by atoms with Crippen molar-refractivity contribution in [2.24, 2.45) is 0 Å². The van der Waals surface area contributed by atoms with Crippen molar-refractivity contribution in [1.82, 2.24) is 0 Å². The molecular weight excluding hydrogens is 296 g/mol. The fraction of sp³-hybridized carbons (Fsp3) is 0.0556. The normalized spacial score (nSPS) is 11.1. The summed E-state index contributed by atoms with van der Waals surface area (Å²) in [5.74, 6) is 1.29. The molecule has 22 heavy (non-hydrogen) atoms. The highest BCUT2D eigenvalue weighted by Gasteiger charge is 2.16. The van der Waals surface area contributed by atoms with Crippen molar-refractivity contribution in [1.29, 1.82) is 0 Å². The number of ether oxygens (including phenoxy) is 1. The van der Waals surface area contributed by atoms with Gasteiger partial charge in [0.25, 0.3) is 0 Å². The SMILES string of the molecule is COc1cccc2sc3c(=O)cc(-c4ccccc4)oc3c12. The fourth-order valence-electron chi connectivity index (χ4n) is 2.59. The number of benzene rings is 2. The molecule has 0 spiro atoms. The highest BCUT2D eigenvalue weighted by molar-refractivity contribution is 7.25. The van der Waals surface area contributed by atoms with E-state index in [-0.39, 0.29) is 5.43 Å². The summed E-state index contributed by atoms with van der Waals surface area (Å²) in [7, 11) is 1.62. The lowest BCUT2D eigenvalue weighted by atomic mass is 10.1. The molecule has 0 fully saturated rings. The first-order valence-corrected chi connectivity index (χ1v) is 7.68. The van der Waals surface area contributed by atoms with Crippen LogP contribution in [0.5, 0.6) is 5.75 Å². The molecule has 4 heteroatoms. The first-order valence-electron chi connectivity index (χ1n) is 6.87. The van der Waals surface area contributed by atoms with Crippen molar-refractivity contribution < 1.29 is 9.15 Å². The van der Waals surface area contributed by atoms with Gasteiger partial charge in [-0.05, 0) is 12.1 Å². The van der Waals surface area contributed by atoms with E-state index >= 15 is 0 Å². The van der Waals surface area contributed by atoms with Crippen molar-refractivity contribution >= 4 is 31.7 Å². The number of fused-ring (bicyclic) bond motifs is 3. The van der Waals surface area contributed by atoms with E-state index in [9.17, 15) is 4.79 Å². The molecule has 2 heterocycles. The predicted molar refractivity (Wildman–Crippen MR) is 89.9 cm³/mol. The summed E-state index contributed by atoms with van der Waals surface area (Å²) in [4.78, 5) is 12.5. The molecule has 0 aliphatic rings. The fourth-order valence-corrected chi connectivity index (χ4v) is 3.65. The van der Waals surface area contributed by atoms with E-state index in [2.05, 4.69) is 0 Å². The summed E-state index contributed by atoms with van der Waals surface area (Å²) in [5, 5.41) is 0.861. The Balaban J connectivity index is 2.12. The zero-order valence-electron chi connectivity index (χ0n) is 11.8. The van der Waals surface area contributed by atoms with Crippen LogP contribution in [0.4, 0.5) is 0 Å². The Hall–Kier alpha value is -2.59. The van der Waals surface area contributed by atoms with Crippen LogP contribution in [-0.4, -0.2) is 7.11 Å². The van der Waals surface area contributed by atoms with E-state index in [1.54, 1.807) is 13.2 Å². The highest BCUT2D eigenvalue weighted by atomic mass is 32.1. The first-order chi connectivity index (χ1) is 10.8. The van der Waals surface area contributed by atoms with Crippen LogP contribution in [0.25, 0.3) is 31.7 Å². The molecular formula is C18H12O3S. The molecule has 0 saturated carbocycles. The number of rotatable bonds is 2. The zero-order valence-corrected chi connectivity index (χ0v) is 12.6. The molecule has 4 aromatic rings. The number of methoxy groups -OCH3 is 1. The Kier molecular flexibility index (Phi) is 2.98. The van der Waals surface area contributed by atoms with E-state index in [1.165, 1.54) is 11.3 Å². The maximum Gasteiger partial charge on any atom is 0.203 e. The zero-order chi connectivity index (χ0) is 15.1. The summed E-state index contributed by atoms with van der Waals surface area (Å²) in [6.07, 6.45) is 0. The lowest BCUT2D eigenvalue weighted by Crippen LogP contribution is -1.97. The van der Waals surface area contributed by atoms with Crippen molar-refractivity contribution in [2.45, 2.75) is 0 Å². The predicted octanol–water partition coefficient (Wildman–Crippen LogP) is 4.68. The van der Waals surface area contributed by atoms with E-state index in [4.69, 9.17) is 9.15 Å². The van der Waals surface area contributed by atoms with Crippen molar-refractivity contribution in [3.8, 4) is 17.1 Å². The second-order valence-electron chi connectivity index (χ2n) is 4.93. The van der Waals surface area contributed by atoms with Gasteiger partial charge in [0.05, 0.1) is 12.5 Å². The first kappa shape index (κ1) is 13.1. The minimum atomic E-state index is -0.0247. The Morgan fingerprint density at radius 2 is 1.86 bits per heavy atom. The molecule has 4 rings (SSSR count). The smallest absolute Gasteiger partial charge is 0.203 e. The van der Waals surface area contributed by atoms with Crippen LogP contribution in [0.2, 0.25) is 0 Å². The van der Waals surface area contributed by atoms with Gasteiger partial charge in [0.2, 0.25) is 5.43 Å². The molecule has 0 amide bonds. The molecule has 0 unspecified atom stereocenters. The van der Waals surface area contributed by atoms with Gasteiger partial charge in [-0.15, -0.1) is 11.3 Å². The molecule has 0 saturated heterocycles. The second-order valence-corrected chi connectivity index (χ2v) is 5.99. The summed E-state index contributed by atoms with van der Waals surface area (Å²) in [6.45, 7) is 0. The number of hydrogen-bond donors (Lipinski definition) is 0. The van der Waals surface area contributed by atoms with Gasteiger partial charge in [0, 0.05) is 16.3 Å². The van der Waals surface area contributed by atoms with Crippen LogP contribution < -0.4 is 10.2 Å². The van der Waals surface area contributed by atoms with Gasteiger partial charge in [-0.2, -0.15) is 0 Å². The Labute approximate surface area is 130 Å². The van der Waals surface area contributed by atoms with Gasteiger partial charge in [0.15, 0.2) is 5.58 Å². The van der Waals surface area contributed by atoms with E-state index < -0.39 is 0 Å². The lowest BCUT2D eigenvalue weighted by molar-refractivity contribution is 0.419. The van der Waals surface area contributed by atoms with E-state index in [0.29, 0.717) is 16.0 Å². The minimum Gasteiger partial charge on any atom is -0.496 e. The topological polar surface area (TPSA) is 39.4 Å². The monoisotopic (exact) mass is 308 g/mol. The number of hydrogen-bond acceptors (Lipinski definition) is 4. The van der Waals surface area contributed by atoms with Crippen LogP contribution in [0.1, 0.15) is 0 Å². The van der Waals surface area contributed by atoms with Gasteiger partial charge >= 0.3 is 0 Å². The third-order valence-electron chi connectivity index (χ3n) is 3.61. The molecule has 108 valence electrons. The van der Waals surface area contributed by atoms with Crippen LogP contribution in [0, 0.1) is 0 Å². The molecule has 0 atom stereocenters. The molecule has 3 nitrogen and oxygen atoms in total. The van der Waals surface area contributed by atoms with Crippen LogP contribution in [0.15, 0.2) is 63.8 Å². The second kappa shape index (κ2) is 5.00. The Bertz CT molecular complexity index is 1030. The van der Waals surface area contributed by atoms with Gasteiger partial charge < -0.3 is 9.15 Å². The van der Waals surface area contributed by atoms with Crippen molar-refractivity contribution in [3.63, 3.8) is 0 Å². The van der Waals surface area contributed by atoms with Gasteiger partial charge in [-0.3, -0.25) is 4.79 Å². The van der Waals surface area contributed by atoms with Crippen LogP contribution in [0.3, 0.4) is 0 Å². The standard InChI is InChI=1S/C18H12O3S/c1-20-13-8-5-9-15-16(13)17-18(22-15)12(19)10-14(21-17)11-6-3-2-4-7-11/h2-10H,1H3. The van der Waals surface area contributed by atoms with Crippen LogP contribution in [-0.2, 0) is 0 Å². The summed E-state index contributed by atoms with van der Waals surface area (Å²) in [5.41, 5.74) is 1.46. The third kappa shape index (κ3) is 1.92. The summed E-state index contributed by atoms with van der Waals surface area (Å²) >= 11 is 1.44. The third-order valence-corrected chi connectivity index (χ3v) is 4.76. The quantitative estimate of drug-likeness (QED) is 0.539.